The lowest BCUT2D eigenvalue weighted by Crippen LogP contribution is -2.13. The maximum Gasteiger partial charge on any atom is 0.392 e. The fraction of sp³-hybridized carbons (Fsp3) is 0.429. The average Bonchev–Trinajstić information content (AvgIpc) is 2.30. The Bertz CT molecular complexity index is 472. The molecule has 0 amide bonds. The predicted octanol–water partition coefficient (Wildman–Crippen LogP) is 4.31. The van der Waals surface area contributed by atoms with Gasteiger partial charge in [-0.1, -0.05) is 17.9 Å². The Morgan fingerprint density at radius 2 is 2.05 bits per heavy atom. The molecular formula is C14H14ClF3O. The standard InChI is InChI=1S/C14H14ClF3O/c1-11-5-6-13(19-9-7-14(16,17)18)12(10-11)4-2-3-8-15/h5-6,10H,3,7-9H2,1H3. The summed E-state index contributed by atoms with van der Waals surface area (Å²) in [7, 11) is 0. The van der Waals surface area contributed by atoms with E-state index in [-0.39, 0.29) is 0 Å². The lowest BCUT2D eigenvalue weighted by Gasteiger charge is -2.10. The van der Waals surface area contributed by atoms with E-state index in [0.717, 1.165) is 5.56 Å². The van der Waals surface area contributed by atoms with Gasteiger partial charge in [-0.25, -0.2) is 0 Å². The van der Waals surface area contributed by atoms with Crippen molar-refractivity contribution in [1.82, 2.24) is 0 Å². The van der Waals surface area contributed by atoms with Crippen LogP contribution in [0, 0.1) is 18.8 Å². The second-order valence-corrected chi connectivity index (χ2v) is 4.33. The quantitative estimate of drug-likeness (QED) is 0.593. The van der Waals surface area contributed by atoms with Crippen LogP contribution in [0.15, 0.2) is 18.2 Å². The van der Waals surface area contributed by atoms with Crippen molar-refractivity contribution >= 4 is 11.6 Å². The molecule has 104 valence electrons. The maximum absolute atomic E-state index is 12.0. The molecule has 0 spiro atoms. The van der Waals surface area contributed by atoms with Gasteiger partial charge in [0.05, 0.1) is 18.6 Å². The molecule has 0 saturated heterocycles. The summed E-state index contributed by atoms with van der Waals surface area (Å²) in [6, 6.07) is 5.19. The lowest BCUT2D eigenvalue weighted by molar-refractivity contribution is -0.139. The van der Waals surface area contributed by atoms with E-state index in [1.165, 1.54) is 0 Å². The molecule has 19 heavy (non-hydrogen) atoms. The van der Waals surface area contributed by atoms with Crippen LogP contribution >= 0.6 is 11.6 Å². The zero-order chi connectivity index (χ0) is 14.3. The molecule has 0 unspecified atom stereocenters. The van der Waals surface area contributed by atoms with E-state index in [2.05, 4.69) is 11.8 Å². The van der Waals surface area contributed by atoms with Gasteiger partial charge in [-0.2, -0.15) is 13.2 Å². The SMILES string of the molecule is Cc1ccc(OCCC(F)(F)F)c(C#CCCCl)c1. The zero-order valence-corrected chi connectivity index (χ0v) is 11.2. The minimum absolute atomic E-state index is 0.372. The fourth-order valence-corrected chi connectivity index (χ4v) is 1.44. The van der Waals surface area contributed by atoms with Crippen LogP contribution in [-0.2, 0) is 0 Å². The van der Waals surface area contributed by atoms with Gasteiger partial charge in [-0.3, -0.25) is 0 Å². The Labute approximate surface area is 115 Å². The molecular weight excluding hydrogens is 277 g/mol. The molecule has 1 rings (SSSR count). The molecule has 0 atom stereocenters. The molecule has 0 fully saturated rings. The van der Waals surface area contributed by atoms with Crippen LogP contribution in [0.5, 0.6) is 5.75 Å². The number of ether oxygens (including phenoxy) is 1. The number of halogens is 4. The van der Waals surface area contributed by atoms with E-state index < -0.39 is 19.2 Å². The number of hydrogen-bond acceptors (Lipinski definition) is 1. The normalized spacial score (nSPS) is 10.8. The molecule has 5 heteroatoms. The molecule has 0 aliphatic rings. The van der Waals surface area contributed by atoms with Crippen molar-refractivity contribution in [2.45, 2.75) is 25.9 Å². The molecule has 0 heterocycles. The maximum atomic E-state index is 12.0. The summed E-state index contributed by atoms with van der Waals surface area (Å²) in [6.45, 7) is 1.48. The number of alkyl halides is 4. The Morgan fingerprint density at radius 3 is 2.68 bits per heavy atom. The highest BCUT2D eigenvalue weighted by molar-refractivity contribution is 6.18. The summed E-state index contributed by atoms with van der Waals surface area (Å²) in [5, 5.41) is 0. The molecule has 0 aliphatic carbocycles. The van der Waals surface area contributed by atoms with Gasteiger partial charge in [0, 0.05) is 12.3 Å². The van der Waals surface area contributed by atoms with E-state index in [4.69, 9.17) is 16.3 Å². The van der Waals surface area contributed by atoms with E-state index in [0.29, 0.717) is 23.6 Å². The molecule has 1 aromatic carbocycles. The molecule has 0 radical (unpaired) electrons. The molecule has 1 nitrogen and oxygen atoms in total. The first-order valence-electron chi connectivity index (χ1n) is 5.77. The highest BCUT2D eigenvalue weighted by Crippen LogP contribution is 2.23. The molecule has 0 N–H and O–H groups in total. The highest BCUT2D eigenvalue weighted by atomic mass is 35.5. The Balaban J connectivity index is 2.74. The monoisotopic (exact) mass is 290 g/mol. The average molecular weight is 291 g/mol. The summed E-state index contributed by atoms with van der Waals surface area (Å²) >= 11 is 5.51. The Kier molecular flexibility index (Phi) is 6.04. The van der Waals surface area contributed by atoms with Crippen LogP contribution in [0.25, 0.3) is 0 Å². The van der Waals surface area contributed by atoms with Gasteiger partial charge < -0.3 is 4.74 Å². The van der Waals surface area contributed by atoms with Crippen molar-refractivity contribution in [3.05, 3.63) is 29.3 Å². The minimum atomic E-state index is -4.21. The van der Waals surface area contributed by atoms with Crippen LogP contribution in [0.1, 0.15) is 24.0 Å². The van der Waals surface area contributed by atoms with E-state index >= 15 is 0 Å². The molecule has 0 saturated carbocycles. The van der Waals surface area contributed by atoms with Gasteiger partial charge in [-0.05, 0) is 24.6 Å². The molecule has 0 aliphatic heterocycles. The summed E-state index contributed by atoms with van der Waals surface area (Å²) in [6.07, 6.45) is -4.66. The number of hydrogen-bond donors (Lipinski definition) is 0. The fourth-order valence-electron chi connectivity index (χ4n) is 1.35. The minimum Gasteiger partial charge on any atom is -0.492 e. The van der Waals surface area contributed by atoms with Crippen molar-refractivity contribution in [3.63, 3.8) is 0 Å². The van der Waals surface area contributed by atoms with Crippen molar-refractivity contribution in [2.24, 2.45) is 0 Å². The summed E-state index contributed by atoms with van der Waals surface area (Å²) < 4.78 is 41.3. The summed E-state index contributed by atoms with van der Waals surface area (Å²) in [4.78, 5) is 0. The summed E-state index contributed by atoms with van der Waals surface area (Å²) in [5.41, 5.74) is 1.56. The van der Waals surface area contributed by atoms with Crippen molar-refractivity contribution < 1.29 is 17.9 Å². The molecule has 0 aromatic heterocycles. The number of rotatable bonds is 4. The first kappa shape index (κ1) is 15.7. The second-order valence-electron chi connectivity index (χ2n) is 3.95. The largest absolute Gasteiger partial charge is 0.492 e. The number of aryl methyl sites for hydroxylation is 1. The van der Waals surface area contributed by atoms with Crippen molar-refractivity contribution in [1.29, 1.82) is 0 Å². The summed E-state index contributed by atoms with van der Waals surface area (Å²) in [5.74, 6) is 6.50. The number of benzene rings is 1. The lowest BCUT2D eigenvalue weighted by atomic mass is 10.1. The van der Waals surface area contributed by atoms with Crippen LogP contribution in [0.2, 0.25) is 0 Å². The van der Waals surface area contributed by atoms with Gasteiger partial charge >= 0.3 is 6.18 Å². The van der Waals surface area contributed by atoms with Crippen LogP contribution in [-0.4, -0.2) is 18.7 Å². The predicted molar refractivity (Wildman–Crippen MR) is 69.6 cm³/mol. The van der Waals surface area contributed by atoms with Gasteiger partial charge in [0.1, 0.15) is 5.75 Å². The van der Waals surface area contributed by atoms with Crippen LogP contribution < -0.4 is 4.74 Å². The van der Waals surface area contributed by atoms with E-state index in [1.54, 1.807) is 18.2 Å². The first-order chi connectivity index (χ1) is 8.92. The molecule has 0 bridgehead atoms. The van der Waals surface area contributed by atoms with Crippen molar-refractivity contribution in [3.8, 4) is 17.6 Å². The Hall–Kier alpha value is -1.34. The van der Waals surface area contributed by atoms with Gasteiger partial charge in [0.15, 0.2) is 0 Å². The third-order valence-corrected chi connectivity index (χ3v) is 2.41. The van der Waals surface area contributed by atoms with Crippen LogP contribution in [0.4, 0.5) is 13.2 Å². The third-order valence-electron chi connectivity index (χ3n) is 2.22. The van der Waals surface area contributed by atoms with Gasteiger partial charge in [-0.15, -0.1) is 11.6 Å². The topological polar surface area (TPSA) is 9.23 Å². The highest BCUT2D eigenvalue weighted by Gasteiger charge is 2.26. The molecule has 1 aromatic rings. The van der Waals surface area contributed by atoms with E-state index in [9.17, 15) is 13.2 Å². The van der Waals surface area contributed by atoms with Crippen LogP contribution in [0.3, 0.4) is 0 Å². The first-order valence-corrected chi connectivity index (χ1v) is 6.31. The van der Waals surface area contributed by atoms with Gasteiger partial charge in [0.25, 0.3) is 0 Å². The van der Waals surface area contributed by atoms with Crippen molar-refractivity contribution in [2.75, 3.05) is 12.5 Å². The van der Waals surface area contributed by atoms with Gasteiger partial charge in [0.2, 0.25) is 0 Å². The second kappa shape index (κ2) is 7.30. The zero-order valence-electron chi connectivity index (χ0n) is 10.5. The third kappa shape index (κ3) is 6.40. The smallest absolute Gasteiger partial charge is 0.392 e. The van der Waals surface area contributed by atoms with E-state index in [1.807, 2.05) is 6.92 Å². The Morgan fingerprint density at radius 1 is 1.32 bits per heavy atom.